The Morgan fingerprint density at radius 3 is 1.84 bits per heavy atom. The van der Waals surface area contributed by atoms with E-state index in [1.165, 1.54) is 115 Å². The van der Waals surface area contributed by atoms with E-state index in [1.807, 2.05) is 0 Å². The van der Waals surface area contributed by atoms with Crippen LogP contribution in [0.4, 0.5) is 0 Å². The summed E-state index contributed by atoms with van der Waals surface area (Å²) in [5.41, 5.74) is 13.1. The highest BCUT2D eigenvalue weighted by Gasteiger charge is 2.26. The molecule has 0 spiro atoms. The molecule has 0 unspecified atom stereocenters. The lowest BCUT2D eigenvalue weighted by molar-refractivity contribution is 1.18. The van der Waals surface area contributed by atoms with E-state index in [0.717, 1.165) is 11.2 Å². The third-order valence-corrected chi connectivity index (χ3v) is 12.5. The smallest absolute Gasteiger partial charge is 0.146 e. The molecular formula is C51H28N4. The molecule has 0 N–H and O–H groups in total. The largest absolute Gasteiger partial charge is 0.309 e. The minimum absolute atomic E-state index is 1.02. The summed E-state index contributed by atoms with van der Waals surface area (Å²) in [7, 11) is 0. The number of nitrogens with zero attached hydrogens (tertiary/aromatic N) is 4. The summed E-state index contributed by atoms with van der Waals surface area (Å²) in [6, 6.07) is 60.3. The van der Waals surface area contributed by atoms with Crippen LogP contribution in [-0.2, 0) is 0 Å². The molecular weight excluding hydrogens is 669 g/mol. The Kier molecular flexibility index (Phi) is 4.99. The SMILES string of the molecule is c1ccc(-n2c3ccccc3c3cc(-c4cccc5c6cccc7c8c9c%10cccc%11c%12cc%13ccccc%13cc%12n(c9ncc8n(c45)c67)c%11%10)ccc32)cc1. The lowest BCUT2D eigenvalue weighted by Gasteiger charge is -2.09. The summed E-state index contributed by atoms with van der Waals surface area (Å²) >= 11 is 0. The predicted octanol–water partition coefficient (Wildman–Crippen LogP) is 13.3. The first-order chi connectivity index (χ1) is 27.3. The number of aromatic nitrogens is 4. The van der Waals surface area contributed by atoms with Crippen molar-refractivity contribution in [2.24, 2.45) is 0 Å². The number of para-hydroxylation sites is 5. The number of rotatable bonds is 2. The van der Waals surface area contributed by atoms with Crippen molar-refractivity contribution in [1.29, 1.82) is 0 Å². The maximum Gasteiger partial charge on any atom is 0.146 e. The van der Waals surface area contributed by atoms with Gasteiger partial charge in [0.1, 0.15) is 5.65 Å². The normalized spacial score (nSPS) is 12.7. The van der Waals surface area contributed by atoms with E-state index in [1.54, 1.807) is 0 Å². The van der Waals surface area contributed by atoms with Gasteiger partial charge in [0.25, 0.3) is 0 Å². The van der Waals surface area contributed by atoms with Crippen molar-refractivity contribution >= 4 is 109 Å². The summed E-state index contributed by atoms with van der Waals surface area (Å²) < 4.78 is 7.31. The molecule has 0 atom stereocenters. The van der Waals surface area contributed by atoms with E-state index < -0.39 is 0 Å². The lowest BCUT2D eigenvalue weighted by Crippen LogP contribution is -1.93. The van der Waals surface area contributed by atoms with Crippen LogP contribution in [0.1, 0.15) is 0 Å². The zero-order valence-electron chi connectivity index (χ0n) is 29.5. The van der Waals surface area contributed by atoms with Crippen molar-refractivity contribution in [1.82, 2.24) is 18.4 Å². The quantitative estimate of drug-likeness (QED) is 0.177. The first-order valence-electron chi connectivity index (χ1n) is 19.0. The summed E-state index contributed by atoms with van der Waals surface area (Å²) in [6.07, 6.45) is 2.13. The molecule has 0 aliphatic rings. The van der Waals surface area contributed by atoms with Crippen LogP contribution in [0.25, 0.3) is 126 Å². The van der Waals surface area contributed by atoms with Gasteiger partial charge in [0.15, 0.2) is 0 Å². The summed E-state index contributed by atoms with van der Waals surface area (Å²) in [5, 5.41) is 15.1. The minimum atomic E-state index is 1.02. The fourth-order valence-electron chi connectivity index (χ4n) is 10.3. The molecule has 4 nitrogen and oxygen atoms in total. The van der Waals surface area contributed by atoms with Crippen LogP contribution in [-0.4, -0.2) is 18.4 Å². The first-order valence-corrected chi connectivity index (χ1v) is 19.0. The number of benzene rings is 8. The molecule has 0 saturated carbocycles. The standard InChI is InChI=1S/C51H28N4/c1-2-13-32(14-3-1)53-42-22-7-6-15-34(42)40-26-31(23-24-43(40)53)33-16-8-17-35-36-18-9-20-38-46-45(54(48(33)35)49(36)38)28-52-51-47(46)39-21-10-19-37-41-25-29-11-4-5-12-30(29)27-44(41)55(51)50(37)39/h1-28H. The molecule has 0 saturated heterocycles. The summed E-state index contributed by atoms with van der Waals surface area (Å²) in [4.78, 5) is 5.38. The second-order valence-electron chi connectivity index (χ2n) is 15.1. The molecule has 6 aromatic heterocycles. The Hall–Kier alpha value is -7.43. The second kappa shape index (κ2) is 9.75. The number of hydrogen-bond acceptors (Lipinski definition) is 1. The molecule has 0 amide bonds. The van der Waals surface area contributed by atoms with E-state index in [-0.39, 0.29) is 0 Å². The highest BCUT2D eigenvalue weighted by Crippen LogP contribution is 2.48. The summed E-state index contributed by atoms with van der Waals surface area (Å²) in [5.74, 6) is 0. The van der Waals surface area contributed by atoms with Gasteiger partial charge in [-0.3, -0.25) is 4.40 Å². The van der Waals surface area contributed by atoms with Gasteiger partial charge in [-0.2, -0.15) is 0 Å². The maximum atomic E-state index is 5.38. The van der Waals surface area contributed by atoms with Crippen molar-refractivity contribution in [2.45, 2.75) is 0 Å². The molecule has 0 fully saturated rings. The zero-order valence-corrected chi connectivity index (χ0v) is 29.5. The molecule has 55 heavy (non-hydrogen) atoms. The van der Waals surface area contributed by atoms with Crippen LogP contribution < -0.4 is 0 Å². The van der Waals surface area contributed by atoms with Gasteiger partial charge >= 0.3 is 0 Å². The van der Waals surface area contributed by atoms with E-state index >= 15 is 0 Å². The van der Waals surface area contributed by atoms with Gasteiger partial charge < -0.3 is 8.97 Å². The highest BCUT2D eigenvalue weighted by molar-refractivity contribution is 6.35. The Balaban J connectivity index is 1.10. The monoisotopic (exact) mass is 696 g/mol. The zero-order chi connectivity index (χ0) is 35.5. The van der Waals surface area contributed by atoms with Gasteiger partial charge in [-0.15, -0.1) is 0 Å². The van der Waals surface area contributed by atoms with E-state index in [4.69, 9.17) is 4.98 Å². The van der Waals surface area contributed by atoms with E-state index in [0.29, 0.717) is 0 Å². The molecule has 14 aromatic rings. The Morgan fingerprint density at radius 1 is 0.364 bits per heavy atom. The van der Waals surface area contributed by atoms with Crippen LogP contribution in [0.15, 0.2) is 170 Å². The predicted molar refractivity (Wildman–Crippen MR) is 231 cm³/mol. The van der Waals surface area contributed by atoms with Crippen LogP contribution in [0.5, 0.6) is 0 Å². The fourth-order valence-corrected chi connectivity index (χ4v) is 10.3. The number of hydrogen-bond donors (Lipinski definition) is 0. The summed E-state index contributed by atoms with van der Waals surface area (Å²) in [6.45, 7) is 0. The maximum absolute atomic E-state index is 5.38. The average Bonchev–Trinajstić information content (AvgIpc) is 4.03. The molecule has 252 valence electrons. The molecule has 8 aromatic carbocycles. The Morgan fingerprint density at radius 2 is 0.982 bits per heavy atom. The second-order valence-corrected chi connectivity index (χ2v) is 15.1. The van der Waals surface area contributed by atoms with Crippen LogP contribution in [0.2, 0.25) is 0 Å². The number of pyridine rings is 1. The Labute approximate surface area is 313 Å². The van der Waals surface area contributed by atoms with Crippen LogP contribution in [0.3, 0.4) is 0 Å². The minimum Gasteiger partial charge on any atom is -0.309 e. The highest BCUT2D eigenvalue weighted by atomic mass is 15.0. The molecule has 4 heteroatoms. The van der Waals surface area contributed by atoms with Gasteiger partial charge in [0.05, 0.1) is 44.8 Å². The third kappa shape index (κ3) is 3.33. The van der Waals surface area contributed by atoms with E-state index in [9.17, 15) is 0 Å². The van der Waals surface area contributed by atoms with Gasteiger partial charge in [-0.1, -0.05) is 121 Å². The van der Waals surface area contributed by atoms with Crippen molar-refractivity contribution < 1.29 is 0 Å². The molecule has 14 rings (SSSR count). The Bertz CT molecular complexity index is 3940. The molecule has 6 heterocycles. The van der Waals surface area contributed by atoms with Gasteiger partial charge in [0, 0.05) is 65.1 Å². The topological polar surface area (TPSA) is 26.6 Å². The van der Waals surface area contributed by atoms with Crippen molar-refractivity contribution in [3.05, 3.63) is 170 Å². The van der Waals surface area contributed by atoms with Crippen LogP contribution >= 0.6 is 0 Å². The van der Waals surface area contributed by atoms with E-state index in [2.05, 4.69) is 183 Å². The van der Waals surface area contributed by atoms with Crippen molar-refractivity contribution in [3.8, 4) is 16.8 Å². The molecule has 0 bridgehead atoms. The van der Waals surface area contributed by atoms with Crippen LogP contribution in [0, 0.1) is 0 Å². The molecule has 0 aliphatic carbocycles. The van der Waals surface area contributed by atoms with Gasteiger partial charge in [-0.05, 0) is 58.8 Å². The third-order valence-electron chi connectivity index (χ3n) is 12.5. The van der Waals surface area contributed by atoms with Gasteiger partial charge in [0.2, 0.25) is 0 Å². The number of fused-ring (bicyclic) bond motifs is 17. The molecule has 0 radical (unpaired) electrons. The first kappa shape index (κ1) is 28.1. The van der Waals surface area contributed by atoms with Crippen molar-refractivity contribution in [3.63, 3.8) is 0 Å². The lowest BCUT2D eigenvalue weighted by atomic mass is 9.99. The van der Waals surface area contributed by atoms with Crippen molar-refractivity contribution in [2.75, 3.05) is 0 Å². The average molecular weight is 697 g/mol. The fraction of sp³-hybridized carbons (Fsp3) is 0. The van der Waals surface area contributed by atoms with Gasteiger partial charge in [-0.25, -0.2) is 4.98 Å². The molecule has 0 aliphatic heterocycles.